The summed E-state index contributed by atoms with van der Waals surface area (Å²) < 4.78 is 96.1. The summed E-state index contributed by atoms with van der Waals surface area (Å²) in [4.78, 5) is 1.25. The molecule has 0 heterocycles. The van der Waals surface area contributed by atoms with Gasteiger partial charge in [-0.2, -0.15) is 0 Å². The van der Waals surface area contributed by atoms with Crippen LogP contribution in [0, 0.1) is 36.0 Å². The van der Waals surface area contributed by atoms with E-state index in [-0.39, 0.29) is 23.0 Å². The van der Waals surface area contributed by atoms with Crippen molar-refractivity contribution < 1.29 is 34.9 Å². The molecule has 4 aromatic carbocycles. The molecule has 0 fully saturated rings. The molecule has 4 aromatic rings. The molecule has 0 radical (unpaired) electrons. The van der Waals surface area contributed by atoms with Gasteiger partial charge in [-0.1, -0.05) is 0 Å². The van der Waals surface area contributed by atoms with Crippen molar-refractivity contribution in [1.29, 1.82) is 0 Å². The predicted octanol–water partition coefficient (Wildman–Crippen LogP) is 6.38. The molecule has 35 heavy (non-hydrogen) atoms. The molecule has 3 nitrogen and oxygen atoms in total. The smallest absolute Gasteiger partial charge is 0.166 e. The first-order valence-corrected chi connectivity index (χ1v) is 12.5. The molecule has 0 aliphatic rings. The van der Waals surface area contributed by atoms with Crippen molar-refractivity contribution in [2.75, 3.05) is 0 Å². The van der Waals surface area contributed by atoms with Crippen LogP contribution in [0.15, 0.2) is 105 Å². The van der Waals surface area contributed by atoms with Crippen molar-refractivity contribution >= 4 is 21.0 Å². The molecule has 0 saturated heterocycles. The van der Waals surface area contributed by atoms with Gasteiger partial charge in [-0.25, -0.2) is 30.4 Å². The van der Waals surface area contributed by atoms with Gasteiger partial charge in [0.2, 0.25) is 0 Å². The average Bonchev–Trinajstić information content (AvgIpc) is 2.76. The summed E-state index contributed by atoms with van der Waals surface area (Å²) in [5.41, 5.74) is 0.211. The van der Waals surface area contributed by atoms with Crippen LogP contribution in [-0.4, -0.2) is 13.0 Å². The third-order valence-electron chi connectivity index (χ3n) is 4.54. The highest BCUT2D eigenvalue weighted by Gasteiger charge is 2.28. The summed E-state index contributed by atoms with van der Waals surface area (Å²) in [6.45, 7) is 1.38. The molecule has 0 saturated carbocycles. The summed E-state index contributed by atoms with van der Waals surface area (Å²) in [5, 5.41) is 0. The van der Waals surface area contributed by atoms with E-state index in [1.54, 1.807) is 36.4 Å². The van der Waals surface area contributed by atoms with Crippen LogP contribution < -0.4 is 0 Å². The lowest BCUT2D eigenvalue weighted by Crippen LogP contribution is -2.05. The Kier molecular flexibility index (Phi) is 8.31. The van der Waals surface area contributed by atoms with Crippen LogP contribution in [-0.2, 0) is 21.0 Å². The lowest BCUT2D eigenvalue weighted by Gasteiger charge is -2.09. The zero-order valence-corrected chi connectivity index (χ0v) is 19.6. The molecule has 0 amide bonds. The fraction of sp³-hybridized carbons (Fsp3) is 0.0400. The van der Waals surface area contributed by atoms with E-state index >= 15 is 0 Å². The van der Waals surface area contributed by atoms with E-state index in [9.17, 15) is 34.9 Å². The summed E-state index contributed by atoms with van der Waals surface area (Å²) in [7, 11) is -5.62. The highest BCUT2D eigenvalue weighted by Crippen LogP contribution is 2.31. The maximum atomic E-state index is 13.2. The van der Waals surface area contributed by atoms with Crippen LogP contribution in [0.2, 0.25) is 0 Å². The summed E-state index contributed by atoms with van der Waals surface area (Å²) >= 11 is 0. The molecule has 0 bridgehead atoms. The van der Waals surface area contributed by atoms with E-state index in [0.717, 1.165) is 26.8 Å². The second-order valence-electron chi connectivity index (χ2n) is 7.18. The Hall–Kier alpha value is -3.21. The molecule has 10 heteroatoms. The van der Waals surface area contributed by atoms with Crippen molar-refractivity contribution in [2.24, 2.45) is 0 Å². The van der Waals surface area contributed by atoms with E-state index in [1.165, 1.54) is 43.3 Å². The Labute approximate surface area is 202 Å². The number of benzene rings is 4. The average molecular weight is 525 g/mol. The fourth-order valence-corrected chi connectivity index (χ4v) is 5.68. The molecular weight excluding hydrogens is 507 g/mol. The van der Waals surface area contributed by atoms with Gasteiger partial charge >= 0.3 is 0 Å². The van der Waals surface area contributed by atoms with E-state index < -0.39 is 37.5 Å². The lowest BCUT2D eigenvalue weighted by molar-refractivity contribution is 0.441. The number of hydrogen-bond acceptors (Lipinski definition) is 3. The second kappa shape index (κ2) is 11.0. The zero-order chi connectivity index (χ0) is 25.8. The lowest BCUT2D eigenvalue weighted by atomic mass is 10.2. The minimum absolute atomic E-state index is 0.211. The SMILES string of the molecule is Cc1cc(F)c(S(=O)(=O)[O-])c(F)c1.Fc1ccc([S+](c2ccc(F)cc2)c2ccc(F)cc2)cc1. The second-order valence-corrected chi connectivity index (χ2v) is 10.5. The Morgan fingerprint density at radius 3 is 1.14 bits per heavy atom. The van der Waals surface area contributed by atoms with Crippen molar-refractivity contribution in [2.45, 2.75) is 26.5 Å². The minimum atomic E-state index is -5.08. The summed E-state index contributed by atoms with van der Waals surface area (Å²) in [6, 6.07) is 20.1. The van der Waals surface area contributed by atoms with E-state index in [2.05, 4.69) is 0 Å². The van der Waals surface area contributed by atoms with Gasteiger partial charge in [0, 0.05) is 0 Å². The highest BCUT2D eigenvalue weighted by molar-refractivity contribution is 7.97. The normalized spacial score (nSPS) is 11.2. The quantitative estimate of drug-likeness (QED) is 0.177. The van der Waals surface area contributed by atoms with Gasteiger partial charge in [0.1, 0.15) is 44.1 Å². The number of hydrogen-bond donors (Lipinski definition) is 0. The van der Waals surface area contributed by atoms with Gasteiger partial charge in [0.05, 0.1) is 10.9 Å². The standard InChI is InChI=1S/C18H12F3S.C7H6F2O3S/c19-13-1-7-16(8-2-13)22(17-9-3-14(20)4-10-17)18-11-5-15(21)6-12-18;1-4-2-5(8)7(6(9)3-4)13(10,11)12/h1-12H;2-3H,1H3,(H,10,11,12)/q+1;/p-1. The Morgan fingerprint density at radius 2 is 0.886 bits per heavy atom. The third-order valence-corrected chi connectivity index (χ3v) is 7.66. The van der Waals surface area contributed by atoms with Crippen LogP contribution in [0.4, 0.5) is 22.0 Å². The van der Waals surface area contributed by atoms with E-state index in [4.69, 9.17) is 0 Å². The largest absolute Gasteiger partial charge is 0.744 e. The Morgan fingerprint density at radius 1 is 0.600 bits per heavy atom. The van der Waals surface area contributed by atoms with Gasteiger partial charge in [0.25, 0.3) is 0 Å². The van der Waals surface area contributed by atoms with Crippen LogP contribution >= 0.6 is 0 Å². The first-order chi connectivity index (χ1) is 16.5. The predicted molar refractivity (Wildman–Crippen MR) is 120 cm³/mol. The van der Waals surface area contributed by atoms with E-state index in [1.807, 2.05) is 0 Å². The molecular formula is C25H17F5O3S2. The summed E-state index contributed by atoms with van der Waals surface area (Å²) in [5.74, 6) is -3.65. The number of halogens is 5. The first-order valence-electron chi connectivity index (χ1n) is 9.88. The topological polar surface area (TPSA) is 57.2 Å². The first kappa shape index (κ1) is 26.4. The number of rotatable bonds is 4. The third kappa shape index (κ3) is 6.91. The minimum Gasteiger partial charge on any atom is -0.744 e. The number of aryl methyl sites for hydroxylation is 1. The Bertz CT molecular complexity index is 1280. The fourth-order valence-electron chi connectivity index (χ4n) is 3.05. The molecule has 182 valence electrons. The van der Waals surface area contributed by atoms with Gasteiger partial charge in [-0.05, 0) is 97.4 Å². The van der Waals surface area contributed by atoms with Crippen LogP contribution in [0.3, 0.4) is 0 Å². The van der Waals surface area contributed by atoms with Crippen molar-refractivity contribution in [3.63, 3.8) is 0 Å². The van der Waals surface area contributed by atoms with Crippen LogP contribution in [0.25, 0.3) is 0 Å². The maximum absolute atomic E-state index is 13.2. The Balaban J connectivity index is 0.000000225. The molecule has 0 aromatic heterocycles. The monoisotopic (exact) mass is 524 g/mol. The van der Waals surface area contributed by atoms with Crippen molar-refractivity contribution in [3.05, 3.63) is 120 Å². The van der Waals surface area contributed by atoms with Gasteiger partial charge < -0.3 is 4.55 Å². The van der Waals surface area contributed by atoms with Crippen LogP contribution in [0.5, 0.6) is 0 Å². The zero-order valence-electron chi connectivity index (χ0n) is 18.0. The molecule has 0 aliphatic heterocycles. The highest BCUT2D eigenvalue weighted by atomic mass is 32.2. The van der Waals surface area contributed by atoms with Crippen molar-refractivity contribution in [1.82, 2.24) is 0 Å². The van der Waals surface area contributed by atoms with Crippen molar-refractivity contribution in [3.8, 4) is 0 Å². The van der Waals surface area contributed by atoms with Gasteiger partial charge in [-0.15, -0.1) is 0 Å². The van der Waals surface area contributed by atoms with E-state index in [0.29, 0.717) is 0 Å². The molecule has 0 unspecified atom stereocenters. The molecule has 0 atom stereocenters. The summed E-state index contributed by atoms with van der Waals surface area (Å²) in [6.07, 6.45) is 0. The maximum Gasteiger partial charge on any atom is 0.166 e. The molecule has 0 N–H and O–H groups in total. The molecule has 4 rings (SSSR count). The van der Waals surface area contributed by atoms with Crippen LogP contribution in [0.1, 0.15) is 5.56 Å². The van der Waals surface area contributed by atoms with Gasteiger partial charge in [0.15, 0.2) is 14.7 Å². The molecule has 0 aliphatic carbocycles. The van der Waals surface area contributed by atoms with Gasteiger partial charge in [-0.3, -0.25) is 0 Å². The molecule has 0 spiro atoms.